The third kappa shape index (κ3) is 10.7. The molecule has 20 heavy (non-hydrogen) atoms. The normalized spacial score (nSPS) is 9.15. The van der Waals surface area contributed by atoms with Crippen molar-refractivity contribution in [3.05, 3.63) is 81.6 Å². The predicted molar refractivity (Wildman–Crippen MR) is 94.2 cm³/mol. The van der Waals surface area contributed by atoms with Crippen LogP contribution in [0.3, 0.4) is 0 Å². The molecular weight excluding hydrogens is 382 g/mol. The number of benzene rings is 1. The van der Waals surface area contributed by atoms with Gasteiger partial charge in [-0.05, 0) is 0 Å². The molecule has 0 aliphatic heterocycles. The molecule has 0 amide bonds. The van der Waals surface area contributed by atoms with E-state index in [1.807, 2.05) is 12.2 Å². The maximum Gasteiger partial charge on any atom is -0.0809 e. The first kappa shape index (κ1) is 28.2. The minimum atomic E-state index is 0. The summed E-state index contributed by atoms with van der Waals surface area (Å²) in [6.07, 6.45) is 10.0. The van der Waals surface area contributed by atoms with Gasteiger partial charge in [-0.25, -0.2) is 12.2 Å². The first-order chi connectivity index (χ1) is 7.97. The van der Waals surface area contributed by atoms with Crippen molar-refractivity contribution in [3.63, 3.8) is 0 Å². The summed E-state index contributed by atoms with van der Waals surface area (Å²) in [5, 5.41) is 2.66. The van der Waals surface area contributed by atoms with E-state index < -0.39 is 0 Å². The van der Waals surface area contributed by atoms with Gasteiger partial charge in [0.05, 0.1) is 0 Å². The van der Waals surface area contributed by atoms with Crippen LogP contribution in [0.5, 0.6) is 0 Å². The number of rotatable bonds is 0. The smallest absolute Gasteiger partial charge is 0.0809 e. The van der Waals surface area contributed by atoms with E-state index in [9.17, 15) is 0 Å². The zero-order chi connectivity index (χ0) is 11.6. The van der Waals surface area contributed by atoms with Crippen LogP contribution < -0.4 is 0 Å². The van der Waals surface area contributed by atoms with E-state index in [1.54, 1.807) is 0 Å². The Balaban J connectivity index is -0.000000104. The Morgan fingerprint density at radius 1 is 1.05 bits per heavy atom. The summed E-state index contributed by atoms with van der Waals surface area (Å²) >= 11 is 1.36. The Labute approximate surface area is 153 Å². The molecule has 0 fully saturated rings. The minimum absolute atomic E-state index is 0. The molecule has 0 aromatic heterocycles. The summed E-state index contributed by atoms with van der Waals surface area (Å²) < 4.78 is 0. The fraction of sp³-hybridized carbons (Fsp3) is 0.0625. The van der Waals surface area contributed by atoms with Crippen molar-refractivity contribution in [2.45, 2.75) is 6.42 Å². The molecular formula is C16H20Cl2SiZr-4. The van der Waals surface area contributed by atoms with Gasteiger partial charge in [-0.2, -0.15) is 23.6 Å². The molecule has 2 aromatic rings. The number of hydrogen-bond donors (Lipinski definition) is 0. The summed E-state index contributed by atoms with van der Waals surface area (Å²) in [6.45, 7) is 3.06. The van der Waals surface area contributed by atoms with Gasteiger partial charge in [0.25, 0.3) is 0 Å². The van der Waals surface area contributed by atoms with E-state index in [0.29, 0.717) is 0 Å². The third-order valence-electron chi connectivity index (χ3n) is 2.13. The van der Waals surface area contributed by atoms with Gasteiger partial charge in [0.15, 0.2) is 0 Å². The topological polar surface area (TPSA) is 0 Å². The molecule has 0 atom stereocenters. The first-order valence-electron chi connectivity index (χ1n) is 5.04. The molecule has 110 valence electrons. The van der Waals surface area contributed by atoms with Crippen LogP contribution in [0.2, 0.25) is 0 Å². The second-order valence-corrected chi connectivity index (χ2v) is 3.16. The molecule has 0 unspecified atom stereocenters. The second-order valence-electron chi connectivity index (χ2n) is 3.16. The van der Waals surface area contributed by atoms with Crippen LogP contribution in [-0.2, 0) is 23.3 Å². The Kier molecular flexibility index (Phi) is 26.8. The van der Waals surface area contributed by atoms with Crippen LogP contribution in [-0.4, -0.2) is 6.88 Å². The predicted octanol–water partition coefficient (Wildman–Crippen LogP) is 5.23. The van der Waals surface area contributed by atoms with Crippen LogP contribution in [0, 0.1) is 20.9 Å². The fourth-order valence-corrected chi connectivity index (χ4v) is 1.41. The van der Waals surface area contributed by atoms with Crippen molar-refractivity contribution in [2.24, 2.45) is 0 Å². The molecule has 0 heterocycles. The van der Waals surface area contributed by atoms with Gasteiger partial charge in [0, 0.05) is 0 Å². The second kappa shape index (κ2) is 19.0. The molecule has 2 aromatic carbocycles. The zero-order valence-corrected chi connectivity index (χ0v) is 16.9. The maximum absolute atomic E-state index is 3.06. The molecule has 4 heteroatoms. The first-order valence-corrected chi connectivity index (χ1v) is 9.23. The Morgan fingerprint density at radius 3 is 2.15 bits per heavy atom. The molecule has 0 spiro atoms. The molecule has 0 saturated carbocycles. The van der Waals surface area contributed by atoms with E-state index in [4.69, 9.17) is 0 Å². The largest absolute Gasteiger partial charge is 0.168 e. The van der Waals surface area contributed by atoms with Crippen LogP contribution in [0.1, 0.15) is 6.42 Å². The quantitative estimate of drug-likeness (QED) is 0.418. The van der Waals surface area contributed by atoms with Crippen LogP contribution in [0.4, 0.5) is 0 Å². The standard InChI is InChI=1S/C9H7.C5H5.2CH3.2ClH.Si.Zr/c1-2-5-9-7-3-6-8(9)4-1;1-2-4-5-3-1;;;;;;/h1-7H;1-3H,4H2;2*1H3;2*1H;;/q4*-1;;;;. The van der Waals surface area contributed by atoms with Crippen LogP contribution in [0.25, 0.3) is 10.8 Å². The van der Waals surface area contributed by atoms with Crippen LogP contribution >= 0.6 is 24.8 Å². The van der Waals surface area contributed by atoms with Gasteiger partial charge < -0.3 is 14.9 Å². The van der Waals surface area contributed by atoms with Gasteiger partial charge in [-0.1, -0.05) is 6.07 Å². The number of fused-ring (bicyclic) bond motifs is 1. The molecule has 0 nitrogen and oxygen atoms in total. The van der Waals surface area contributed by atoms with Gasteiger partial charge in [-0.15, -0.1) is 60.9 Å². The Morgan fingerprint density at radius 2 is 1.70 bits per heavy atom. The molecule has 1 aliphatic carbocycles. The van der Waals surface area contributed by atoms with E-state index in [-0.39, 0.29) is 39.7 Å². The SMILES string of the molecule is Cl.Cl.[C-]1=CC=CC1.[CH3-].[CH3-].[Si]=[Zr].c1ccc2[cH-]ccc2c1. The van der Waals surface area contributed by atoms with Crippen molar-refractivity contribution in [1.82, 2.24) is 0 Å². The van der Waals surface area contributed by atoms with E-state index in [0.717, 1.165) is 6.42 Å². The van der Waals surface area contributed by atoms with Crippen molar-refractivity contribution in [2.75, 3.05) is 0 Å². The van der Waals surface area contributed by atoms with E-state index in [1.165, 1.54) is 34.1 Å². The fourth-order valence-electron chi connectivity index (χ4n) is 1.41. The van der Waals surface area contributed by atoms with E-state index in [2.05, 4.69) is 61.5 Å². The average Bonchev–Trinajstić information content (AvgIpc) is 3.06. The van der Waals surface area contributed by atoms with Gasteiger partial charge in [0.1, 0.15) is 0 Å². The van der Waals surface area contributed by atoms with Gasteiger partial charge >= 0.3 is 30.2 Å². The van der Waals surface area contributed by atoms with Crippen molar-refractivity contribution < 1.29 is 23.3 Å². The summed E-state index contributed by atoms with van der Waals surface area (Å²) in [6, 6.07) is 14.7. The van der Waals surface area contributed by atoms with Gasteiger partial charge in [-0.3, -0.25) is 6.08 Å². The van der Waals surface area contributed by atoms with Gasteiger partial charge in [0.2, 0.25) is 0 Å². The average molecular weight is 403 g/mol. The molecule has 0 N–H and O–H groups in total. The number of allylic oxidation sites excluding steroid dienone is 4. The zero-order valence-electron chi connectivity index (χ0n) is 11.8. The molecule has 3 rings (SSSR count). The number of hydrogen-bond acceptors (Lipinski definition) is 0. The summed E-state index contributed by atoms with van der Waals surface area (Å²) in [7, 11) is 0. The molecule has 2 radical (unpaired) electrons. The van der Waals surface area contributed by atoms with Crippen molar-refractivity contribution in [1.29, 1.82) is 0 Å². The number of halogens is 2. The summed E-state index contributed by atoms with van der Waals surface area (Å²) in [5.41, 5.74) is 0. The van der Waals surface area contributed by atoms with E-state index >= 15 is 0 Å². The molecule has 1 aliphatic rings. The summed E-state index contributed by atoms with van der Waals surface area (Å²) in [5.74, 6) is 0. The third-order valence-corrected chi connectivity index (χ3v) is 2.13. The van der Waals surface area contributed by atoms with Crippen LogP contribution in [0.15, 0.2) is 60.7 Å². The molecule has 0 bridgehead atoms. The minimum Gasteiger partial charge on any atom is -0.168 e. The maximum atomic E-state index is 3.06. The monoisotopic (exact) mass is 400 g/mol. The Hall–Kier alpha value is -0.0100. The van der Waals surface area contributed by atoms with Crippen molar-refractivity contribution >= 4 is 42.5 Å². The Bertz CT molecular complexity index is 438. The summed E-state index contributed by atoms with van der Waals surface area (Å²) in [4.78, 5) is 0. The van der Waals surface area contributed by atoms with Crippen molar-refractivity contribution in [3.8, 4) is 0 Å². The molecule has 0 saturated heterocycles.